The van der Waals surface area contributed by atoms with Gasteiger partial charge in [-0.3, -0.25) is 4.79 Å². The van der Waals surface area contributed by atoms with Gasteiger partial charge in [-0.1, -0.05) is 61.5 Å². The molecule has 1 aliphatic heterocycles. The Morgan fingerprint density at radius 2 is 1.88 bits per heavy atom. The first kappa shape index (κ1) is 16.0. The van der Waals surface area contributed by atoms with Gasteiger partial charge in [0.1, 0.15) is 0 Å². The summed E-state index contributed by atoms with van der Waals surface area (Å²) in [7, 11) is 0. The molecule has 3 nitrogen and oxygen atoms in total. The number of hydrogen-bond donors (Lipinski definition) is 1. The summed E-state index contributed by atoms with van der Waals surface area (Å²) in [6, 6.07) is 19.9. The molecule has 0 spiro atoms. The molecule has 0 aromatic heterocycles. The maximum atomic E-state index is 13.0. The number of rotatable bonds is 5. The van der Waals surface area contributed by atoms with Crippen LogP contribution in [0.3, 0.4) is 0 Å². The number of carbonyl (C=O) groups is 1. The van der Waals surface area contributed by atoms with Gasteiger partial charge < -0.3 is 5.32 Å². The third-order valence-corrected chi connectivity index (χ3v) is 5.21. The Kier molecular flexibility index (Phi) is 3.99. The van der Waals surface area contributed by atoms with Crippen LogP contribution in [0.4, 0.5) is 5.69 Å². The van der Waals surface area contributed by atoms with Crippen LogP contribution in [0.5, 0.6) is 0 Å². The van der Waals surface area contributed by atoms with Crippen LogP contribution in [0.15, 0.2) is 67.3 Å². The second kappa shape index (κ2) is 5.98. The average Bonchev–Trinajstić information content (AvgIpc) is 2.89. The van der Waals surface area contributed by atoms with E-state index in [0.29, 0.717) is 6.42 Å². The molecule has 2 atom stereocenters. The van der Waals surface area contributed by atoms with Crippen molar-refractivity contribution < 1.29 is 4.79 Å². The summed E-state index contributed by atoms with van der Waals surface area (Å²) in [5, 5.41) is 12.5. The van der Waals surface area contributed by atoms with Crippen molar-refractivity contribution in [3.63, 3.8) is 0 Å². The van der Waals surface area contributed by atoms with Crippen molar-refractivity contribution >= 4 is 11.6 Å². The summed E-state index contributed by atoms with van der Waals surface area (Å²) < 4.78 is 0. The number of anilines is 1. The lowest BCUT2D eigenvalue weighted by atomic mass is 9.57. The Morgan fingerprint density at radius 3 is 2.54 bits per heavy atom. The molecule has 1 N–H and O–H groups in total. The third-order valence-electron chi connectivity index (χ3n) is 5.21. The zero-order chi connectivity index (χ0) is 17.2. The number of para-hydroxylation sites is 1. The largest absolute Gasteiger partial charge is 0.325 e. The van der Waals surface area contributed by atoms with E-state index in [2.05, 4.69) is 18.0 Å². The molecule has 0 radical (unpaired) electrons. The van der Waals surface area contributed by atoms with Crippen LogP contribution >= 0.6 is 0 Å². The number of nitrogens with zero attached hydrogens (tertiary/aromatic N) is 1. The van der Waals surface area contributed by atoms with E-state index in [4.69, 9.17) is 0 Å². The first-order chi connectivity index (χ1) is 11.6. The molecular formula is C21H20N2O. The van der Waals surface area contributed by atoms with Gasteiger partial charge in [0.2, 0.25) is 5.91 Å². The van der Waals surface area contributed by atoms with Crippen LogP contribution in [0.1, 0.15) is 24.5 Å². The normalized spacial score (nSPS) is 21.2. The van der Waals surface area contributed by atoms with Crippen molar-refractivity contribution in [1.82, 2.24) is 0 Å². The number of nitrogens with one attached hydrogen (secondary N) is 1. The van der Waals surface area contributed by atoms with Crippen molar-refractivity contribution in [2.45, 2.75) is 25.2 Å². The van der Waals surface area contributed by atoms with Gasteiger partial charge in [0.15, 0.2) is 0 Å². The highest BCUT2D eigenvalue weighted by Gasteiger charge is 2.57. The van der Waals surface area contributed by atoms with E-state index in [1.54, 1.807) is 0 Å². The molecule has 2 aromatic carbocycles. The van der Waals surface area contributed by atoms with Gasteiger partial charge in [0.05, 0.1) is 17.9 Å². The quantitative estimate of drug-likeness (QED) is 0.839. The van der Waals surface area contributed by atoms with Gasteiger partial charge in [-0.15, -0.1) is 6.58 Å². The van der Waals surface area contributed by atoms with Crippen LogP contribution in [0, 0.1) is 16.7 Å². The van der Waals surface area contributed by atoms with Crippen LogP contribution < -0.4 is 5.32 Å². The van der Waals surface area contributed by atoms with Crippen LogP contribution in [0.2, 0.25) is 0 Å². The van der Waals surface area contributed by atoms with Gasteiger partial charge in [-0.2, -0.15) is 5.26 Å². The van der Waals surface area contributed by atoms with Crippen molar-refractivity contribution in [3.8, 4) is 6.07 Å². The minimum atomic E-state index is -0.935. The minimum Gasteiger partial charge on any atom is -0.325 e. The Balaban J connectivity index is 2.18. The van der Waals surface area contributed by atoms with Crippen molar-refractivity contribution in [1.29, 1.82) is 5.26 Å². The summed E-state index contributed by atoms with van der Waals surface area (Å²) in [4.78, 5) is 13.0. The second-order valence-electron chi connectivity index (χ2n) is 6.52. The summed E-state index contributed by atoms with van der Waals surface area (Å²) in [6.07, 6.45) is 2.59. The number of amides is 1. The number of nitriles is 1. The van der Waals surface area contributed by atoms with E-state index in [-0.39, 0.29) is 12.3 Å². The van der Waals surface area contributed by atoms with E-state index in [0.717, 1.165) is 16.8 Å². The summed E-state index contributed by atoms with van der Waals surface area (Å²) in [5.74, 6) is -0.122. The molecule has 3 heteroatoms. The monoisotopic (exact) mass is 316 g/mol. The molecule has 1 heterocycles. The lowest BCUT2D eigenvalue weighted by Gasteiger charge is -2.42. The molecule has 3 rings (SSSR count). The highest BCUT2D eigenvalue weighted by molar-refractivity contribution is 6.07. The first-order valence-electron chi connectivity index (χ1n) is 8.03. The fourth-order valence-electron chi connectivity index (χ4n) is 3.80. The Hall–Kier alpha value is -2.86. The van der Waals surface area contributed by atoms with E-state index in [1.807, 2.05) is 67.6 Å². The standard InChI is InChI=1S/C21H20N2O/c1-3-20(2,15-16-9-5-4-6-10-16)21(13-14-22)17-11-7-8-12-18(17)23-19(21)24/h3-12H,1,13,15H2,2H3,(H,23,24)/t20-,21-/m1/s1. The molecule has 0 unspecified atom stereocenters. The Labute approximate surface area is 142 Å². The second-order valence-corrected chi connectivity index (χ2v) is 6.52. The lowest BCUT2D eigenvalue weighted by molar-refractivity contribution is -0.124. The average molecular weight is 316 g/mol. The SMILES string of the molecule is C=C[C@](C)(Cc1ccccc1)[C@@]1(CC#N)C(=O)Nc2ccccc21. The van der Waals surface area contributed by atoms with Gasteiger partial charge in [-0.25, -0.2) is 0 Å². The number of allylic oxidation sites excluding steroid dienone is 1. The van der Waals surface area contributed by atoms with E-state index in [1.165, 1.54) is 0 Å². The van der Waals surface area contributed by atoms with E-state index >= 15 is 0 Å². The van der Waals surface area contributed by atoms with Crippen molar-refractivity contribution in [2.24, 2.45) is 5.41 Å². The van der Waals surface area contributed by atoms with Gasteiger partial charge in [0.25, 0.3) is 0 Å². The van der Waals surface area contributed by atoms with Crippen LogP contribution in [-0.4, -0.2) is 5.91 Å². The number of benzene rings is 2. The summed E-state index contributed by atoms with van der Waals surface area (Å²) in [5.41, 5.74) is 1.28. The van der Waals surface area contributed by atoms with Gasteiger partial charge >= 0.3 is 0 Å². The molecular weight excluding hydrogens is 296 g/mol. The molecule has 0 bridgehead atoms. The predicted molar refractivity (Wildman–Crippen MR) is 95.4 cm³/mol. The Morgan fingerprint density at radius 1 is 1.21 bits per heavy atom. The molecule has 0 aliphatic carbocycles. The summed E-state index contributed by atoms with van der Waals surface area (Å²) in [6.45, 7) is 6.04. The molecule has 0 saturated carbocycles. The molecule has 0 fully saturated rings. The highest BCUT2D eigenvalue weighted by Crippen LogP contribution is 2.53. The fraction of sp³-hybridized carbons (Fsp3) is 0.238. The number of fused-ring (bicyclic) bond motifs is 1. The Bertz CT molecular complexity index is 821. The minimum absolute atomic E-state index is 0.116. The predicted octanol–water partition coefficient (Wildman–Crippen LogP) is 4.23. The van der Waals surface area contributed by atoms with Gasteiger partial charge in [0, 0.05) is 11.1 Å². The smallest absolute Gasteiger partial charge is 0.237 e. The third kappa shape index (κ3) is 2.23. The first-order valence-corrected chi connectivity index (χ1v) is 8.03. The molecule has 2 aromatic rings. The molecule has 1 aliphatic rings. The maximum Gasteiger partial charge on any atom is 0.237 e. The molecule has 120 valence electrons. The molecule has 24 heavy (non-hydrogen) atoms. The number of carbonyl (C=O) groups excluding carboxylic acids is 1. The van der Waals surface area contributed by atoms with E-state index in [9.17, 15) is 10.1 Å². The topological polar surface area (TPSA) is 52.9 Å². The molecule has 1 amide bonds. The molecule has 0 saturated heterocycles. The lowest BCUT2D eigenvalue weighted by Crippen LogP contribution is -2.49. The summed E-state index contributed by atoms with van der Waals surface area (Å²) >= 11 is 0. The van der Waals surface area contributed by atoms with Crippen molar-refractivity contribution in [3.05, 3.63) is 78.4 Å². The maximum absolute atomic E-state index is 13.0. The number of hydrogen-bond acceptors (Lipinski definition) is 2. The highest BCUT2D eigenvalue weighted by atomic mass is 16.2. The van der Waals surface area contributed by atoms with Crippen molar-refractivity contribution in [2.75, 3.05) is 5.32 Å². The van der Waals surface area contributed by atoms with Crippen LogP contribution in [-0.2, 0) is 16.6 Å². The van der Waals surface area contributed by atoms with E-state index < -0.39 is 10.8 Å². The zero-order valence-electron chi connectivity index (χ0n) is 13.8. The van der Waals surface area contributed by atoms with Gasteiger partial charge in [-0.05, 0) is 23.6 Å². The fourth-order valence-corrected chi connectivity index (χ4v) is 3.80. The van der Waals surface area contributed by atoms with Crippen LogP contribution in [0.25, 0.3) is 0 Å². The zero-order valence-corrected chi connectivity index (χ0v) is 13.8.